The number of carboxylic acids is 1. The van der Waals surface area contributed by atoms with E-state index in [1.54, 1.807) is 4.90 Å². The van der Waals surface area contributed by atoms with Crippen molar-refractivity contribution in [2.75, 3.05) is 19.6 Å². The van der Waals surface area contributed by atoms with Crippen LogP contribution in [0.5, 0.6) is 0 Å². The van der Waals surface area contributed by atoms with Crippen molar-refractivity contribution < 1.29 is 14.7 Å². The van der Waals surface area contributed by atoms with Gasteiger partial charge in [0.15, 0.2) is 0 Å². The predicted molar refractivity (Wildman–Crippen MR) is 81.1 cm³/mol. The molecular formula is C16H28N2O3. The maximum atomic E-state index is 12.1. The summed E-state index contributed by atoms with van der Waals surface area (Å²) in [6.45, 7) is 6.50. The molecule has 21 heavy (non-hydrogen) atoms. The van der Waals surface area contributed by atoms with Crippen LogP contribution in [0.15, 0.2) is 0 Å². The van der Waals surface area contributed by atoms with Gasteiger partial charge in [-0.1, -0.05) is 13.8 Å². The Hall–Kier alpha value is -1.26. The summed E-state index contributed by atoms with van der Waals surface area (Å²) < 4.78 is 0. The monoisotopic (exact) mass is 296 g/mol. The van der Waals surface area contributed by atoms with E-state index in [1.165, 1.54) is 25.7 Å². The lowest BCUT2D eigenvalue weighted by Crippen LogP contribution is -2.46. The Morgan fingerprint density at radius 3 is 2.24 bits per heavy atom. The molecule has 0 spiro atoms. The summed E-state index contributed by atoms with van der Waals surface area (Å²) in [5, 5.41) is 12.0. The minimum atomic E-state index is -0.736. The van der Waals surface area contributed by atoms with E-state index in [4.69, 9.17) is 5.11 Å². The number of piperidine rings is 1. The summed E-state index contributed by atoms with van der Waals surface area (Å²) in [6.07, 6.45) is 5.98. The Morgan fingerprint density at radius 1 is 1.14 bits per heavy atom. The fourth-order valence-corrected chi connectivity index (χ4v) is 3.34. The molecule has 0 unspecified atom stereocenters. The molecule has 1 aliphatic heterocycles. The molecule has 0 aromatic rings. The molecule has 0 aromatic heterocycles. The summed E-state index contributed by atoms with van der Waals surface area (Å²) in [6, 6.07) is -0.0244. The standard InChI is InChI=1S/C16H28N2O3/c1-16(2)7-3-12(4-8-16)11-17-15(21)18-9-5-13(6-10-18)14(19)20/h12-13H,3-11H2,1-2H3,(H,17,21)(H,19,20). The number of amides is 2. The van der Waals surface area contributed by atoms with Gasteiger partial charge in [0.2, 0.25) is 0 Å². The van der Waals surface area contributed by atoms with E-state index in [2.05, 4.69) is 19.2 Å². The van der Waals surface area contributed by atoms with Crippen LogP contribution in [-0.2, 0) is 4.79 Å². The largest absolute Gasteiger partial charge is 0.481 e. The lowest BCUT2D eigenvalue weighted by Gasteiger charge is -2.35. The van der Waals surface area contributed by atoms with E-state index < -0.39 is 5.97 Å². The van der Waals surface area contributed by atoms with Crippen LogP contribution in [0, 0.1) is 17.3 Å². The van der Waals surface area contributed by atoms with Crippen molar-refractivity contribution in [3.8, 4) is 0 Å². The first-order valence-electron chi connectivity index (χ1n) is 8.13. The summed E-state index contributed by atoms with van der Waals surface area (Å²) in [4.78, 5) is 24.8. The Labute approximate surface area is 127 Å². The molecule has 5 heteroatoms. The minimum Gasteiger partial charge on any atom is -0.481 e. The maximum absolute atomic E-state index is 12.1. The van der Waals surface area contributed by atoms with E-state index in [0.717, 1.165) is 6.54 Å². The SMILES string of the molecule is CC1(C)CCC(CNC(=O)N2CCC(C(=O)O)CC2)CC1. The highest BCUT2D eigenvalue weighted by atomic mass is 16.4. The van der Waals surface area contributed by atoms with Gasteiger partial charge in [-0.2, -0.15) is 0 Å². The number of urea groups is 1. The third-order valence-corrected chi connectivity index (χ3v) is 5.13. The van der Waals surface area contributed by atoms with Gasteiger partial charge in [-0.25, -0.2) is 4.79 Å². The number of hydrogen-bond donors (Lipinski definition) is 2. The fourth-order valence-electron chi connectivity index (χ4n) is 3.34. The van der Waals surface area contributed by atoms with Gasteiger partial charge in [0.1, 0.15) is 0 Å². The summed E-state index contributed by atoms with van der Waals surface area (Å²) in [7, 11) is 0. The predicted octanol–water partition coefficient (Wildman–Crippen LogP) is 2.71. The second-order valence-electron chi connectivity index (χ2n) is 7.39. The van der Waals surface area contributed by atoms with Crippen molar-refractivity contribution >= 4 is 12.0 Å². The van der Waals surface area contributed by atoms with Gasteiger partial charge < -0.3 is 15.3 Å². The average Bonchev–Trinajstić information content (AvgIpc) is 2.46. The normalized spacial score (nSPS) is 23.8. The minimum absolute atomic E-state index is 0.0244. The first-order valence-corrected chi connectivity index (χ1v) is 8.13. The van der Waals surface area contributed by atoms with Crippen molar-refractivity contribution in [1.82, 2.24) is 10.2 Å². The molecule has 2 aliphatic rings. The number of nitrogens with one attached hydrogen (secondary N) is 1. The third kappa shape index (κ3) is 4.61. The molecule has 0 bridgehead atoms. The molecule has 0 atom stereocenters. The van der Waals surface area contributed by atoms with E-state index in [0.29, 0.717) is 37.3 Å². The second-order valence-corrected chi connectivity index (χ2v) is 7.39. The summed E-state index contributed by atoms with van der Waals surface area (Å²) in [5.41, 5.74) is 0.458. The number of nitrogens with zero attached hydrogens (tertiary/aromatic N) is 1. The van der Waals surface area contributed by atoms with Crippen molar-refractivity contribution in [3.63, 3.8) is 0 Å². The molecule has 5 nitrogen and oxygen atoms in total. The summed E-state index contributed by atoms with van der Waals surface area (Å²) >= 11 is 0. The highest BCUT2D eigenvalue weighted by molar-refractivity contribution is 5.75. The highest BCUT2D eigenvalue weighted by Gasteiger charge is 2.29. The van der Waals surface area contributed by atoms with Crippen molar-refractivity contribution in [1.29, 1.82) is 0 Å². The van der Waals surface area contributed by atoms with Crippen molar-refractivity contribution in [2.45, 2.75) is 52.4 Å². The quantitative estimate of drug-likeness (QED) is 0.841. The van der Waals surface area contributed by atoms with Crippen LogP contribution in [0.4, 0.5) is 4.79 Å². The van der Waals surface area contributed by atoms with Gasteiger partial charge in [-0.15, -0.1) is 0 Å². The van der Waals surface area contributed by atoms with E-state index in [-0.39, 0.29) is 11.9 Å². The average molecular weight is 296 g/mol. The summed E-state index contributed by atoms with van der Waals surface area (Å²) in [5.74, 6) is -0.423. The number of carbonyl (C=O) groups is 2. The molecule has 2 rings (SSSR count). The molecular weight excluding hydrogens is 268 g/mol. The molecule has 2 fully saturated rings. The van der Waals surface area contributed by atoms with Crippen LogP contribution in [-0.4, -0.2) is 41.6 Å². The van der Waals surface area contributed by atoms with E-state index in [9.17, 15) is 9.59 Å². The second kappa shape index (κ2) is 6.67. The fraction of sp³-hybridized carbons (Fsp3) is 0.875. The third-order valence-electron chi connectivity index (χ3n) is 5.13. The van der Waals surface area contributed by atoms with Gasteiger partial charge in [0.05, 0.1) is 5.92 Å². The molecule has 1 heterocycles. The van der Waals surface area contributed by atoms with Gasteiger partial charge in [-0.05, 0) is 49.9 Å². The maximum Gasteiger partial charge on any atom is 0.317 e. The van der Waals surface area contributed by atoms with Gasteiger partial charge in [-0.3, -0.25) is 4.79 Å². The van der Waals surface area contributed by atoms with Crippen molar-refractivity contribution in [3.05, 3.63) is 0 Å². The number of hydrogen-bond acceptors (Lipinski definition) is 2. The zero-order chi connectivity index (χ0) is 15.5. The first-order chi connectivity index (χ1) is 9.87. The number of aliphatic carboxylic acids is 1. The van der Waals surface area contributed by atoms with Gasteiger partial charge >= 0.3 is 12.0 Å². The van der Waals surface area contributed by atoms with Crippen LogP contribution in [0.3, 0.4) is 0 Å². The highest BCUT2D eigenvalue weighted by Crippen LogP contribution is 2.37. The van der Waals surface area contributed by atoms with Gasteiger partial charge in [0, 0.05) is 19.6 Å². The molecule has 1 aliphatic carbocycles. The zero-order valence-corrected chi connectivity index (χ0v) is 13.2. The molecule has 2 amide bonds. The van der Waals surface area contributed by atoms with Crippen LogP contribution in [0.1, 0.15) is 52.4 Å². The Bertz CT molecular complexity index is 377. The smallest absolute Gasteiger partial charge is 0.317 e. The van der Waals surface area contributed by atoms with Gasteiger partial charge in [0.25, 0.3) is 0 Å². The number of carboxylic acid groups (broad SMARTS) is 1. The number of carbonyl (C=O) groups excluding carboxylic acids is 1. The Morgan fingerprint density at radius 2 is 1.71 bits per heavy atom. The Balaban J connectivity index is 1.68. The zero-order valence-electron chi connectivity index (χ0n) is 13.2. The number of likely N-dealkylation sites (tertiary alicyclic amines) is 1. The molecule has 2 N–H and O–H groups in total. The van der Waals surface area contributed by atoms with E-state index >= 15 is 0 Å². The molecule has 0 aromatic carbocycles. The molecule has 1 saturated carbocycles. The van der Waals surface area contributed by atoms with Crippen LogP contribution < -0.4 is 5.32 Å². The topological polar surface area (TPSA) is 69.6 Å². The molecule has 1 saturated heterocycles. The van der Waals surface area contributed by atoms with Crippen molar-refractivity contribution in [2.24, 2.45) is 17.3 Å². The lowest BCUT2D eigenvalue weighted by atomic mass is 9.73. The number of rotatable bonds is 3. The first kappa shape index (κ1) is 16.1. The van der Waals surface area contributed by atoms with E-state index in [1.807, 2.05) is 0 Å². The lowest BCUT2D eigenvalue weighted by molar-refractivity contribution is -0.143. The molecule has 120 valence electrons. The van der Waals surface area contributed by atoms with Crippen LogP contribution >= 0.6 is 0 Å². The molecule has 0 radical (unpaired) electrons. The van der Waals surface area contributed by atoms with Crippen LogP contribution in [0.25, 0.3) is 0 Å². The van der Waals surface area contributed by atoms with Crippen LogP contribution in [0.2, 0.25) is 0 Å². The Kier molecular flexibility index (Phi) is 5.12.